The van der Waals surface area contributed by atoms with Crippen molar-refractivity contribution in [2.24, 2.45) is 0 Å². The largest absolute Gasteiger partial charge is 0.279 e. The molecule has 5 nitrogen and oxygen atoms in total. The number of nitrogens with zero attached hydrogens (tertiary/aromatic N) is 2. The second-order valence-corrected chi connectivity index (χ2v) is 8.49. The molecule has 8 heteroatoms. The van der Waals surface area contributed by atoms with E-state index < -0.39 is 15.8 Å². The van der Waals surface area contributed by atoms with Gasteiger partial charge in [0.15, 0.2) is 0 Å². The van der Waals surface area contributed by atoms with Gasteiger partial charge in [-0.3, -0.25) is 4.72 Å². The molecule has 0 fully saturated rings. The number of benzene rings is 2. The molecule has 4 aromatic rings. The number of hydrogen-bond acceptors (Lipinski definition) is 5. The van der Waals surface area contributed by atoms with E-state index in [2.05, 4.69) is 14.7 Å². The number of thiazole rings is 1. The zero-order valence-electron chi connectivity index (χ0n) is 14.2. The summed E-state index contributed by atoms with van der Waals surface area (Å²) in [7, 11) is -4.04. The standard InChI is InChI=1S/C19H14FN3O2S2/c1-12-13(18-22-16-9-5-11-21-19(16)26-18)6-4-8-15(12)23-27(24,25)17-10-3-2-7-14(17)20/h2-11,23H,1H3. The highest BCUT2D eigenvalue weighted by molar-refractivity contribution is 7.92. The van der Waals surface area contributed by atoms with Crippen LogP contribution in [0.4, 0.5) is 10.1 Å². The maximum absolute atomic E-state index is 13.9. The molecule has 0 aliphatic rings. The summed E-state index contributed by atoms with van der Waals surface area (Å²) in [5.74, 6) is -0.795. The maximum atomic E-state index is 13.9. The number of rotatable bonds is 4. The van der Waals surface area contributed by atoms with Crippen LogP contribution in [0.3, 0.4) is 0 Å². The number of pyridine rings is 1. The fraction of sp³-hybridized carbons (Fsp3) is 0.0526. The van der Waals surface area contributed by atoms with Gasteiger partial charge in [-0.15, -0.1) is 0 Å². The molecule has 0 bridgehead atoms. The number of anilines is 1. The molecule has 0 aliphatic carbocycles. The first kappa shape index (κ1) is 17.6. The Morgan fingerprint density at radius 1 is 1.04 bits per heavy atom. The summed E-state index contributed by atoms with van der Waals surface area (Å²) in [6, 6.07) is 14.2. The van der Waals surface area contributed by atoms with Crippen molar-refractivity contribution in [3.63, 3.8) is 0 Å². The minimum Gasteiger partial charge on any atom is -0.279 e. The number of hydrogen-bond donors (Lipinski definition) is 1. The van der Waals surface area contributed by atoms with E-state index in [-0.39, 0.29) is 4.90 Å². The molecule has 2 heterocycles. The minimum absolute atomic E-state index is 0.378. The Morgan fingerprint density at radius 2 is 1.85 bits per heavy atom. The third-order valence-electron chi connectivity index (χ3n) is 4.10. The molecule has 2 aromatic carbocycles. The molecule has 0 unspecified atom stereocenters. The van der Waals surface area contributed by atoms with Gasteiger partial charge in [-0.25, -0.2) is 22.8 Å². The van der Waals surface area contributed by atoms with Crippen LogP contribution in [0.5, 0.6) is 0 Å². The lowest BCUT2D eigenvalue weighted by atomic mass is 10.1. The SMILES string of the molecule is Cc1c(NS(=O)(=O)c2ccccc2F)cccc1-c1nc2cccnc2s1. The Hall–Kier alpha value is -2.84. The van der Waals surface area contributed by atoms with Gasteiger partial charge in [-0.2, -0.15) is 0 Å². The maximum Gasteiger partial charge on any atom is 0.264 e. The molecule has 2 aromatic heterocycles. The molecule has 1 N–H and O–H groups in total. The van der Waals surface area contributed by atoms with Gasteiger partial charge in [0.05, 0.1) is 5.69 Å². The number of halogens is 1. The summed E-state index contributed by atoms with van der Waals surface area (Å²) < 4.78 is 41.6. The van der Waals surface area contributed by atoms with E-state index in [0.29, 0.717) is 11.3 Å². The summed E-state index contributed by atoms with van der Waals surface area (Å²) in [6.07, 6.45) is 1.70. The lowest BCUT2D eigenvalue weighted by molar-refractivity contribution is 0.570. The zero-order chi connectivity index (χ0) is 19.0. The van der Waals surface area contributed by atoms with Gasteiger partial charge in [0, 0.05) is 11.8 Å². The Morgan fingerprint density at radius 3 is 2.63 bits per heavy atom. The topological polar surface area (TPSA) is 72.0 Å². The van der Waals surface area contributed by atoms with Crippen molar-refractivity contribution >= 4 is 37.4 Å². The van der Waals surface area contributed by atoms with Crippen molar-refractivity contribution in [2.45, 2.75) is 11.8 Å². The van der Waals surface area contributed by atoms with E-state index in [1.807, 2.05) is 18.2 Å². The summed E-state index contributed by atoms with van der Waals surface area (Å²) in [5.41, 5.74) is 2.67. The van der Waals surface area contributed by atoms with Crippen LogP contribution in [0.15, 0.2) is 65.7 Å². The van der Waals surface area contributed by atoms with Crippen molar-refractivity contribution in [3.8, 4) is 10.6 Å². The quantitative estimate of drug-likeness (QED) is 0.544. The van der Waals surface area contributed by atoms with Crippen molar-refractivity contribution in [1.29, 1.82) is 0 Å². The van der Waals surface area contributed by atoms with E-state index in [0.717, 1.165) is 27.0 Å². The molecule has 0 saturated carbocycles. The Labute approximate surface area is 159 Å². The average molecular weight is 399 g/mol. The molecular weight excluding hydrogens is 385 g/mol. The molecule has 27 heavy (non-hydrogen) atoms. The van der Waals surface area contributed by atoms with Crippen LogP contribution in [0, 0.1) is 12.7 Å². The molecule has 0 aliphatic heterocycles. The van der Waals surface area contributed by atoms with E-state index in [9.17, 15) is 12.8 Å². The van der Waals surface area contributed by atoms with Crippen molar-refractivity contribution in [1.82, 2.24) is 9.97 Å². The van der Waals surface area contributed by atoms with E-state index >= 15 is 0 Å². The van der Waals surface area contributed by atoms with Gasteiger partial charge < -0.3 is 0 Å². The molecular formula is C19H14FN3O2S2. The highest BCUT2D eigenvalue weighted by Gasteiger charge is 2.20. The molecule has 136 valence electrons. The molecule has 0 saturated heterocycles. The minimum atomic E-state index is -4.04. The Kier molecular flexibility index (Phi) is 4.37. The number of aromatic nitrogens is 2. The van der Waals surface area contributed by atoms with Gasteiger partial charge in [0.1, 0.15) is 26.1 Å². The van der Waals surface area contributed by atoms with E-state index in [1.54, 1.807) is 25.3 Å². The first-order chi connectivity index (χ1) is 13.0. The number of nitrogens with one attached hydrogen (secondary N) is 1. The lowest BCUT2D eigenvalue weighted by Gasteiger charge is -2.13. The van der Waals surface area contributed by atoms with Crippen molar-refractivity contribution in [2.75, 3.05) is 4.72 Å². The van der Waals surface area contributed by atoms with Gasteiger partial charge in [0.2, 0.25) is 0 Å². The first-order valence-electron chi connectivity index (χ1n) is 8.04. The normalized spacial score (nSPS) is 11.6. The van der Waals surface area contributed by atoms with Crippen LogP contribution >= 0.6 is 11.3 Å². The molecule has 0 spiro atoms. The summed E-state index contributed by atoms with van der Waals surface area (Å²) in [4.78, 5) is 9.28. The summed E-state index contributed by atoms with van der Waals surface area (Å²) in [6.45, 7) is 1.80. The van der Waals surface area contributed by atoms with Crippen molar-refractivity contribution < 1.29 is 12.8 Å². The molecule has 4 rings (SSSR count). The second-order valence-electron chi connectivity index (χ2n) is 5.86. The molecule has 0 radical (unpaired) electrons. The number of fused-ring (bicyclic) bond motifs is 1. The summed E-state index contributed by atoms with van der Waals surface area (Å²) in [5, 5.41) is 0.744. The lowest BCUT2D eigenvalue weighted by Crippen LogP contribution is -2.15. The Bertz CT molecular complexity index is 1220. The third-order valence-corrected chi connectivity index (χ3v) is 6.51. The van der Waals surface area contributed by atoms with Crippen LogP contribution < -0.4 is 4.72 Å². The van der Waals surface area contributed by atoms with Crippen LogP contribution in [0.2, 0.25) is 0 Å². The van der Waals surface area contributed by atoms with Gasteiger partial charge in [0.25, 0.3) is 10.0 Å². The monoisotopic (exact) mass is 399 g/mol. The van der Waals surface area contributed by atoms with Crippen LogP contribution in [-0.2, 0) is 10.0 Å². The van der Waals surface area contributed by atoms with Gasteiger partial charge in [-0.1, -0.05) is 35.6 Å². The van der Waals surface area contributed by atoms with Crippen LogP contribution in [0.1, 0.15) is 5.56 Å². The Balaban J connectivity index is 1.75. The fourth-order valence-corrected chi connectivity index (χ4v) is 4.92. The predicted octanol–water partition coefficient (Wildman–Crippen LogP) is 4.61. The zero-order valence-corrected chi connectivity index (χ0v) is 15.8. The number of sulfonamides is 1. The highest BCUT2D eigenvalue weighted by atomic mass is 32.2. The first-order valence-corrected chi connectivity index (χ1v) is 10.3. The average Bonchev–Trinajstić information content (AvgIpc) is 3.07. The van der Waals surface area contributed by atoms with E-state index in [4.69, 9.17) is 0 Å². The van der Waals surface area contributed by atoms with Crippen LogP contribution in [-0.4, -0.2) is 18.4 Å². The summed E-state index contributed by atoms with van der Waals surface area (Å²) >= 11 is 1.43. The highest BCUT2D eigenvalue weighted by Crippen LogP contribution is 2.34. The second kappa shape index (κ2) is 6.71. The third kappa shape index (κ3) is 3.29. The molecule has 0 atom stereocenters. The van der Waals surface area contributed by atoms with Gasteiger partial charge in [-0.05, 0) is 42.8 Å². The fourth-order valence-electron chi connectivity index (χ4n) is 2.73. The molecule has 0 amide bonds. The smallest absolute Gasteiger partial charge is 0.264 e. The van der Waals surface area contributed by atoms with Crippen molar-refractivity contribution in [3.05, 3.63) is 72.2 Å². The predicted molar refractivity (Wildman–Crippen MR) is 105 cm³/mol. The van der Waals surface area contributed by atoms with E-state index in [1.165, 1.54) is 29.5 Å². The van der Waals surface area contributed by atoms with Crippen LogP contribution in [0.25, 0.3) is 20.9 Å². The van der Waals surface area contributed by atoms with Gasteiger partial charge >= 0.3 is 0 Å².